The van der Waals surface area contributed by atoms with Crippen LogP contribution in [0.2, 0.25) is 0 Å². The van der Waals surface area contributed by atoms with Crippen molar-refractivity contribution in [3.05, 3.63) is 89.0 Å². The van der Waals surface area contributed by atoms with Crippen LogP contribution >= 0.6 is 11.3 Å². The third kappa shape index (κ3) is 9.01. The fraction of sp³-hybridized carbons (Fsp3) is 0.250. The first-order chi connectivity index (χ1) is 23.8. The van der Waals surface area contributed by atoms with Gasteiger partial charge in [-0.2, -0.15) is 8.78 Å². The molecule has 0 fully saturated rings. The minimum absolute atomic E-state index is 0.0521. The molecule has 0 radical (unpaired) electrons. The van der Waals surface area contributed by atoms with Gasteiger partial charge in [0.15, 0.2) is 11.6 Å². The molecule has 2 heterocycles. The molecular formula is C32H31F5N6O6S. The second-order valence-corrected chi connectivity index (χ2v) is 11.5. The number of nitrogens with one attached hydrogen (secondary N) is 3. The number of hydrogen-bond acceptors (Lipinski definition) is 9. The Morgan fingerprint density at radius 2 is 1.62 bits per heavy atom. The summed E-state index contributed by atoms with van der Waals surface area (Å²) in [6.07, 6.45) is 0.447. The summed E-state index contributed by atoms with van der Waals surface area (Å²) < 4.78 is 80.3. The van der Waals surface area contributed by atoms with E-state index in [4.69, 9.17) is 4.74 Å². The molecule has 4 amide bonds. The second-order valence-electron chi connectivity index (χ2n) is 10.5. The van der Waals surface area contributed by atoms with Gasteiger partial charge in [-0.3, -0.25) is 19.5 Å². The molecule has 266 valence electrons. The Morgan fingerprint density at radius 3 is 2.22 bits per heavy atom. The van der Waals surface area contributed by atoms with E-state index in [1.165, 1.54) is 20.1 Å². The monoisotopic (exact) mass is 722 g/mol. The van der Waals surface area contributed by atoms with Crippen LogP contribution in [0.3, 0.4) is 0 Å². The Kier molecular flexibility index (Phi) is 12.6. The molecule has 0 atom stereocenters. The molecule has 18 heteroatoms. The van der Waals surface area contributed by atoms with Gasteiger partial charge >= 0.3 is 18.7 Å². The lowest BCUT2D eigenvalue weighted by molar-refractivity contribution is -0.0521. The number of nitrogens with zero attached hydrogens (tertiary/aromatic N) is 3. The Morgan fingerprint density at radius 1 is 0.940 bits per heavy atom. The lowest BCUT2D eigenvalue weighted by Crippen LogP contribution is -2.33. The van der Waals surface area contributed by atoms with E-state index in [0.717, 1.165) is 40.8 Å². The number of alkyl halides is 2. The van der Waals surface area contributed by atoms with E-state index in [1.807, 2.05) is 0 Å². The summed E-state index contributed by atoms with van der Waals surface area (Å²) in [5, 5.41) is 4.78. The third-order valence-electron chi connectivity index (χ3n) is 6.72. The van der Waals surface area contributed by atoms with Crippen LogP contribution in [-0.2, 0) is 22.7 Å². The van der Waals surface area contributed by atoms with Crippen molar-refractivity contribution < 1.29 is 50.6 Å². The van der Waals surface area contributed by atoms with E-state index in [2.05, 4.69) is 30.7 Å². The number of hydrogen-bond donors (Lipinski definition) is 3. The molecule has 12 nitrogen and oxygen atoms in total. The van der Waals surface area contributed by atoms with Gasteiger partial charge in [0.05, 0.1) is 43.9 Å². The van der Waals surface area contributed by atoms with Crippen molar-refractivity contribution in [1.29, 1.82) is 0 Å². The van der Waals surface area contributed by atoms with E-state index >= 15 is 4.39 Å². The van der Waals surface area contributed by atoms with E-state index in [9.17, 15) is 31.9 Å². The van der Waals surface area contributed by atoms with Crippen LogP contribution < -0.4 is 25.8 Å². The summed E-state index contributed by atoms with van der Waals surface area (Å²) in [7, 11) is 4.65. The largest absolute Gasteiger partial charge is 0.449 e. The molecule has 3 N–H and O–H groups in total. The van der Waals surface area contributed by atoms with Crippen LogP contribution in [0.1, 0.15) is 28.4 Å². The number of benzene rings is 2. The molecular weight excluding hydrogens is 691 g/mol. The zero-order valence-electron chi connectivity index (χ0n) is 27.0. The van der Waals surface area contributed by atoms with E-state index < -0.39 is 65.6 Å². The number of amides is 4. The van der Waals surface area contributed by atoms with Crippen LogP contribution in [0.15, 0.2) is 54.9 Å². The Balaban J connectivity index is 1.94. The summed E-state index contributed by atoms with van der Waals surface area (Å²) in [5.74, 6) is -5.27. The van der Waals surface area contributed by atoms with Crippen molar-refractivity contribution in [3.8, 4) is 16.2 Å². The third-order valence-corrected chi connectivity index (χ3v) is 8.02. The quantitative estimate of drug-likeness (QED) is 0.0994. The number of carbonyl (C=O) groups excluding carboxylic acids is 3. The first-order valence-corrected chi connectivity index (χ1v) is 15.4. The molecule has 0 aliphatic rings. The molecule has 0 spiro atoms. The van der Waals surface area contributed by atoms with Crippen LogP contribution in [0, 0.1) is 17.5 Å². The summed E-state index contributed by atoms with van der Waals surface area (Å²) in [5.41, 5.74) is 1.99. The molecule has 50 heavy (non-hydrogen) atoms. The number of carbonyl (C=O) groups is 3. The smallest absolute Gasteiger partial charge is 0.415 e. The summed E-state index contributed by atoms with van der Waals surface area (Å²) in [6, 6.07) is 8.92. The van der Waals surface area contributed by atoms with Crippen LogP contribution in [0.4, 0.5) is 47.9 Å². The number of ether oxygens (including phenoxy) is 2. The van der Waals surface area contributed by atoms with Gasteiger partial charge in [0, 0.05) is 22.7 Å². The van der Waals surface area contributed by atoms with E-state index in [1.54, 1.807) is 43.3 Å². The van der Waals surface area contributed by atoms with E-state index in [-0.39, 0.29) is 23.7 Å². The van der Waals surface area contributed by atoms with Crippen LogP contribution in [-0.4, -0.2) is 62.3 Å². The number of urea groups is 1. The highest BCUT2D eigenvalue weighted by Gasteiger charge is 2.33. The zero-order valence-corrected chi connectivity index (χ0v) is 27.8. The Hall–Kier alpha value is -5.33. The maximum atomic E-state index is 15.2. The number of aromatic nitrogens is 1. The van der Waals surface area contributed by atoms with Crippen LogP contribution in [0.25, 0.3) is 10.4 Å². The predicted octanol–water partition coefficient (Wildman–Crippen LogP) is 6.99. The van der Waals surface area contributed by atoms with Gasteiger partial charge in [0.1, 0.15) is 16.6 Å². The van der Waals surface area contributed by atoms with Gasteiger partial charge in [-0.1, -0.05) is 18.2 Å². The minimum Gasteiger partial charge on any atom is -0.449 e. The highest BCUT2D eigenvalue weighted by atomic mass is 32.1. The molecule has 2 aromatic heterocycles. The SMILES string of the molecule is CCOC(=O)N(Cc1c(F)cncc1F)c1sc(-c2ccc(NC(=O)NOC)cc2)c(CN(C)C)c1C(=O)Nc1cccc(OC(F)F)c1F. The molecule has 4 rings (SSSR count). The first-order valence-electron chi connectivity index (χ1n) is 14.6. The lowest BCUT2D eigenvalue weighted by Gasteiger charge is -2.23. The van der Waals surface area contributed by atoms with Gasteiger partial charge < -0.3 is 25.0 Å². The summed E-state index contributed by atoms with van der Waals surface area (Å²) in [6.45, 7) is -2.68. The van der Waals surface area contributed by atoms with Crippen molar-refractivity contribution in [2.45, 2.75) is 26.6 Å². The van der Waals surface area contributed by atoms with Crippen molar-refractivity contribution in [3.63, 3.8) is 0 Å². The van der Waals surface area contributed by atoms with Crippen molar-refractivity contribution in [2.75, 3.05) is 43.3 Å². The van der Waals surface area contributed by atoms with Gasteiger partial charge in [0.25, 0.3) is 5.91 Å². The summed E-state index contributed by atoms with van der Waals surface area (Å²) in [4.78, 5) is 50.7. The molecule has 2 aromatic carbocycles. The Labute approximate surface area is 286 Å². The van der Waals surface area contributed by atoms with Crippen LogP contribution in [0.5, 0.6) is 5.75 Å². The predicted molar refractivity (Wildman–Crippen MR) is 175 cm³/mol. The van der Waals surface area contributed by atoms with Gasteiger partial charge in [-0.25, -0.2) is 28.2 Å². The topological polar surface area (TPSA) is 134 Å². The average Bonchev–Trinajstić information content (AvgIpc) is 3.41. The minimum atomic E-state index is -3.35. The highest BCUT2D eigenvalue weighted by molar-refractivity contribution is 7.20. The van der Waals surface area contributed by atoms with Crippen molar-refractivity contribution >= 4 is 45.7 Å². The summed E-state index contributed by atoms with van der Waals surface area (Å²) >= 11 is 0.897. The van der Waals surface area contributed by atoms with Gasteiger partial charge in [0.2, 0.25) is 0 Å². The molecule has 4 aromatic rings. The molecule has 0 aliphatic carbocycles. The zero-order chi connectivity index (χ0) is 36.5. The number of halogens is 5. The fourth-order valence-electron chi connectivity index (χ4n) is 4.68. The molecule has 0 unspecified atom stereocenters. The molecule has 0 saturated heterocycles. The maximum absolute atomic E-state index is 15.2. The number of rotatable bonds is 13. The van der Waals surface area contributed by atoms with E-state index in [0.29, 0.717) is 21.7 Å². The number of hydroxylamine groups is 1. The van der Waals surface area contributed by atoms with Gasteiger partial charge in [-0.05, 0) is 56.4 Å². The molecule has 0 saturated carbocycles. The normalized spacial score (nSPS) is 11.0. The van der Waals surface area contributed by atoms with Gasteiger partial charge in [-0.15, -0.1) is 11.3 Å². The second kappa shape index (κ2) is 16.9. The first kappa shape index (κ1) is 37.5. The number of thiophene rings is 1. The average molecular weight is 723 g/mol. The molecule has 0 aliphatic heterocycles. The van der Waals surface area contributed by atoms with Crippen molar-refractivity contribution in [2.24, 2.45) is 0 Å². The molecule has 0 bridgehead atoms. The maximum Gasteiger partial charge on any atom is 0.415 e. The standard InChI is InChI=1S/C32H31F5N6O6S/c1-5-48-32(46)43(16-19-21(33)13-38-14-22(19)34)29-25(28(44)40-23-7-6-8-24(26(23)35)49-30(36)37)20(15-42(2)3)27(50-29)17-9-11-18(12-10-17)39-31(45)41-47-4/h6-14,30H,5,15-16H2,1-4H3,(H,40,44)(H2,39,41,45). The Bertz CT molecular complexity index is 1820. The number of anilines is 3. The fourth-order valence-corrected chi connectivity index (χ4v) is 5.98. The number of pyridine rings is 1. The lowest BCUT2D eigenvalue weighted by atomic mass is 10.0. The highest BCUT2D eigenvalue weighted by Crippen LogP contribution is 2.44. The van der Waals surface area contributed by atoms with Crippen molar-refractivity contribution in [1.82, 2.24) is 15.4 Å².